The summed E-state index contributed by atoms with van der Waals surface area (Å²) in [5.74, 6) is -0.675. The number of carboxylic acids is 1. The number of benzene rings is 1. The molecule has 1 aliphatic heterocycles. The minimum atomic E-state index is -1.05. The summed E-state index contributed by atoms with van der Waals surface area (Å²) in [7, 11) is 0. The lowest BCUT2D eigenvalue weighted by Gasteiger charge is -2.35. The first-order chi connectivity index (χ1) is 12.6. The normalized spacial score (nSPS) is 17.6. The first-order valence-corrected chi connectivity index (χ1v) is 8.90. The molecule has 0 unspecified atom stereocenters. The quantitative estimate of drug-likeness (QED) is 0.758. The Kier molecular flexibility index (Phi) is 4.46. The van der Waals surface area contributed by atoms with Gasteiger partial charge in [0.2, 0.25) is 0 Å². The van der Waals surface area contributed by atoms with Crippen molar-refractivity contribution >= 4 is 34.2 Å². The van der Waals surface area contributed by atoms with Crippen LogP contribution >= 0.6 is 11.6 Å². The first kappa shape index (κ1) is 16.8. The number of hydrogen-bond donors (Lipinski definition) is 1. The van der Waals surface area contributed by atoms with Crippen molar-refractivity contribution < 1.29 is 9.90 Å². The summed E-state index contributed by atoms with van der Waals surface area (Å²) >= 11 is 6.08. The number of carboxylic acid groups (broad SMARTS) is 1. The van der Waals surface area contributed by atoms with E-state index in [0.29, 0.717) is 17.5 Å². The highest BCUT2D eigenvalue weighted by molar-refractivity contribution is 6.31. The Labute approximate surface area is 155 Å². The third kappa shape index (κ3) is 3.35. The molecule has 2 aromatic heterocycles. The molecule has 4 rings (SSSR count). The predicted molar refractivity (Wildman–Crippen MR) is 98.7 cm³/mol. The molecule has 1 aromatic carbocycles. The number of hydrogen-bond acceptors (Lipinski definition) is 5. The summed E-state index contributed by atoms with van der Waals surface area (Å²) < 4.78 is 1.63. The van der Waals surface area contributed by atoms with Gasteiger partial charge in [-0.1, -0.05) is 16.8 Å². The van der Waals surface area contributed by atoms with E-state index >= 15 is 0 Å². The van der Waals surface area contributed by atoms with Crippen LogP contribution < -0.4 is 4.90 Å². The first-order valence-electron chi connectivity index (χ1n) is 8.53. The van der Waals surface area contributed by atoms with Gasteiger partial charge in [0.15, 0.2) is 5.69 Å². The standard InChI is InChI=1S/C18H18ClN5O2/c19-13-3-4-14-15(8-13)20-6-5-17(14)23-7-1-2-12(9-23)10-24-11-16(18(25)26)21-22-24/h3-6,8,11-12H,1-2,7,9-10H2,(H,25,26)/t12-/m1/s1. The van der Waals surface area contributed by atoms with Gasteiger partial charge in [-0.2, -0.15) is 0 Å². The van der Waals surface area contributed by atoms with Crippen LogP contribution in [0.4, 0.5) is 5.69 Å². The summed E-state index contributed by atoms with van der Waals surface area (Å²) in [6.45, 7) is 2.52. The number of aromatic nitrogens is 4. The molecule has 0 radical (unpaired) electrons. The van der Waals surface area contributed by atoms with E-state index in [2.05, 4.69) is 20.2 Å². The van der Waals surface area contributed by atoms with Crippen LogP contribution in [-0.4, -0.2) is 44.1 Å². The fourth-order valence-electron chi connectivity index (χ4n) is 3.56. The Morgan fingerprint density at radius 2 is 2.23 bits per heavy atom. The molecule has 26 heavy (non-hydrogen) atoms. The molecule has 7 nitrogen and oxygen atoms in total. The van der Waals surface area contributed by atoms with Gasteiger partial charge in [-0.25, -0.2) is 4.79 Å². The largest absolute Gasteiger partial charge is 0.476 e. The Morgan fingerprint density at radius 1 is 1.35 bits per heavy atom. The zero-order valence-electron chi connectivity index (χ0n) is 14.0. The van der Waals surface area contributed by atoms with Gasteiger partial charge in [-0.05, 0) is 43.0 Å². The molecule has 134 valence electrons. The van der Waals surface area contributed by atoms with E-state index in [1.807, 2.05) is 30.5 Å². The van der Waals surface area contributed by atoms with Crippen LogP contribution in [0.5, 0.6) is 0 Å². The fraction of sp³-hybridized carbons (Fsp3) is 0.333. The molecule has 3 heterocycles. The van der Waals surface area contributed by atoms with E-state index in [-0.39, 0.29) is 5.69 Å². The van der Waals surface area contributed by atoms with Gasteiger partial charge >= 0.3 is 5.97 Å². The number of rotatable bonds is 4. The lowest BCUT2D eigenvalue weighted by molar-refractivity contribution is 0.0690. The highest BCUT2D eigenvalue weighted by Gasteiger charge is 2.23. The van der Waals surface area contributed by atoms with Crippen LogP contribution in [0.3, 0.4) is 0 Å². The average molecular weight is 372 g/mol. The second-order valence-electron chi connectivity index (χ2n) is 6.58. The highest BCUT2D eigenvalue weighted by atomic mass is 35.5. The molecule has 1 atom stereocenters. The monoisotopic (exact) mass is 371 g/mol. The topological polar surface area (TPSA) is 84.1 Å². The molecule has 3 aromatic rings. The van der Waals surface area contributed by atoms with E-state index in [1.165, 1.54) is 6.20 Å². The van der Waals surface area contributed by atoms with Gasteiger partial charge in [0.25, 0.3) is 0 Å². The molecule has 0 amide bonds. The molecule has 0 saturated carbocycles. The molecule has 8 heteroatoms. The fourth-order valence-corrected chi connectivity index (χ4v) is 3.73. The summed E-state index contributed by atoms with van der Waals surface area (Å²) in [6, 6.07) is 7.82. The Balaban J connectivity index is 1.54. The van der Waals surface area contributed by atoms with Crippen molar-refractivity contribution in [3.05, 3.63) is 47.4 Å². The maximum atomic E-state index is 11.0. The number of carbonyl (C=O) groups is 1. The van der Waals surface area contributed by atoms with Crippen LogP contribution in [-0.2, 0) is 6.54 Å². The van der Waals surface area contributed by atoms with Gasteiger partial charge in [-0.15, -0.1) is 5.10 Å². The van der Waals surface area contributed by atoms with Gasteiger partial charge in [-0.3, -0.25) is 9.67 Å². The third-order valence-electron chi connectivity index (χ3n) is 4.74. The smallest absolute Gasteiger partial charge is 0.358 e. The van der Waals surface area contributed by atoms with Gasteiger partial charge in [0.1, 0.15) is 0 Å². The number of piperidine rings is 1. The van der Waals surface area contributed by atoms with Crippen molar-refractivity contribution in [1.29, 1.82) is 0 Å². The van der Waals surface area contributed by atoms with E-state index in [0.717, 1.165) is 42.5 Å². The van der Waals surface area contributed by atoms with Crippen LogP contribution in [0.25, 0.3) is 10.9 Å². The molecule has 1 saturated heterocycles. The summed E-state index contributed by atoms with van der Waals surface area (Å²) in [4.78, 5) is 17.7. The predicted octanol–water partition coefficient (Wildman–Crippen LogP) is 3.09. The number of pyridine rings is 1. The van der Waals surface area contributed by atoms with E-state index in [4.69, 9.17) is 16.7 Å². The number of anilines is 1. The molecular formula is C18H18ClN5O2. The second-order valence-corrected chi connectivity index (χ2v) is 7.01. The van der Waals surface area contributed by atoms with E-state index in [1.54, 1.807) is 4.68 Å². The number of aromatic carboxylic acids is 1. The lowest BCUT2D eigenvalue weighted by atomic mass is 9.97. The van der Waals surface area contributed by atoms with Crippen molar-refractivity contribution in [3.8, 4) is 0 Å². The number of fused-ring (bicyclic) bond motifs is 1. The van der Waals surface area contributed by atoms with Crippen LogP contribution in [0, 0.1) is 5.92 Å². The second kappa shape index (κ2) is 6.92. The average Bonchev–Trinajstić information content (AvgIpc) is 3.10. The summed E-state index contributed by atoms with van der Waals surface area (Å²) in [5.41, 5.74) is 2.02. The molecular weight excluding hydrogens is 354 g/mol. The van der Waals surface area contributed by atoms with Gasteiger partial charge < -0.3 is 10.0 Å². The summed E-state index contributed by atoms with van der Waals surface area (Å²) in [5, 5.41) is 18.4. The van der Waals surface area contributed by atoms with Crippen LogP contribution in [0.1, 0.15) is 23.3 Å². The number of halogens is 1. The Hall–Kier alpha value is -2.67. The molecule has 1 aliphatic rings. The van der Waals surface area contributed by atoms with Crippen molar-refractivity contribution in [3.63, 3.8) is 0 Å². The maximum Gasteiger partial charge on any atom is 0.358 e. The van der Waals surface area contributed by atoms with Crippen molar-refractivity contribution in [2.45, 2.75) is 19.4 Å². The number of nitrogens with zero attached hydrogens (tertiary/aromatic N) is 5. The molecule has 1 N–H and O–H groups in total. The van der Waals surface area contributed by atoms with Gasteiger partial charge in [0, 0.05) is 41.9 Å². The lowest BCUT2D eigenvalue weighted by Crippen LogP contribution is -2.37. The SMILES string of the molecule is O=C(O)c1cn(C[C@@H]2CCCN(c3ccnc4cc(Cl)ccc34)C2)nn1. The molecule has 1 fully saturated rings. The maximum absolute atomic E-state index is 11.0. The van der Waals surface area contributed by atoms with E-state index in [9.17, 15) is 4.79 Å². The van der Waals surface area contributed by atoms with Crippen LogP contribution in [0.2, 0.25) is 5.02 Å². The van der Waals surface area contributed by atoms with Crippen LogP contribution in [0.15, 0.2) is 36.7 Å². The van der Waals surface area contributed by atoms with Crippen molar-refractivity contribution in [2.24, 2.45) is 5.92 Å². The molecule has 0 bridgehead atoms. The minimum Gasteiger partial charge on any atom is -0.476 e. The van der Waals surface area contributed by atoms with E-state index < -0.39 is 5.97 Å². The Bertz CT molecular complexity index is 958. The zero-order valence-corrected chi connectivity index (χ0v) is 14.8. The summed E-state index contributed by atoms with van der Waals surface area (Å²) in [6.07, 6.45) is 5.45. The molecule has 0 spiro atoms. The van der Waals surface area contributed by atoms with Crippen molar-refractivity contribution in [2.75, 3.05) is 18.0 Å². The Morgan fingerprint density at radius 3 is 3.04 bits per heavy atom. The van der Waals surface area contributed by atoms with Gasteiger partial charge in [0.05, 0.1) is 11.7 Å². The highest BCUT2D eigenvalue weighted by Crippen LogP contribution is 2.31. The minimum absolute atomic E-state index is 0.0188. The molecule has 0 aliphatic carbocycles. The van der Waals surface area contributed by atoms with Crippen molar-refractivity contribution in [1.82, 2.24) is 20.0 Å². The third-order valence-corrected chi connectivity index (χ3v) is 4.98. The zero-order chi connectivity index (χ0) is 18.1.